The maximum Gasteiger partial charge on any atom is 0.0696 e. The van der Waals surface area contributed by atoms with Crippen molar-refractivity contribution in [2.75, 3.05) is 6.54 Å². The fraction of sp³-hybridized carbons (Fsp3) is 1.00. The molecule has 2 aliphatic heterocycles. The molecule has 2 saturated heterocycles. The highest BCUT2D eigenvalue weighted by Gasteiger charge is 2.33. The average Bonchev–Trinajstić information content (AvgIpc) is 1.90. The summed E-state index contributed by atoms with van der Waals surface area (Å²) >= 11 is 0. The third kappa shape index (κ3) is 0.864. The molecule has 1 aliphatic carbocycles. The zero-order valence-electron chi connectivity index (χ0n) is 5.51. The van der Waals surface area contributed by atoms with Crippen molar-refractivity contribution in [3.05, 3.63) is 0 Å². The van der Waals surface area contributed by atoms with E-state index in [2.05, 4.69) is 5.32 Å². The summed E-state index contributed by atoms with van der Waals surface area (Å²) in [5.74, 6) is 0.769. The first kappa shape index (κ1) is 5.69. The molecule has 2 bridgehead atoms. The van der Waals surface area contributed by atoms with E-state index in [0.29, 0.717) is 6.04 Å². The van der Waals surface area contributed by atoms with E-state index in [1.807, 2.05) is 0 Å². The maximum absolute atomic E-state index is 9.34. The predicted octanol–water partition coefficient (Wildman–Crippen LogP) is 0.119. The highest BCUT2D eigenvalue weighted by Crippen LogP contribution is 2.28. The van der Waals surface area contributed by atoms with Gasteiger partial charge in [0.2, 0.25) is 0 Å². The number of nitrogens with one attached hydrogen (secondary N) is 1. The van der Waals surface area contributed by atoms with E-state index >= 15 is 0 Å². The minimum Gasteiger partial charge on any atom is -0.391 e. The maximum atomic E-state index is 9.34. The fourth-order valence-corrected chi connectivity index (χ4v) is 1.97. The molecule has 2 nitrogen and oxygen atoms in total. The van der Waals surface area contributed by atoms with Crippen molar-refractivity contribution in [3.63, 3.8) is 0 Å². The van der Waals surface area contributed by atoms with Crippen molar-refractivity contribution >= 4 is 0 Å². The topological polar surface area (TPSA) is 32.3 Å². The van der Waals surface area contributed by atoms with Crippen molar-refractivity contribution in [2.24, 2.45) is 5.92 Å². The molecule has 3 aliphatic rings. The second-order valence-electron chi connectivity index (χ2n) is 3.26. The Morgan fingerprint density at radius 2 is 2.22 bits per heavy atom. The third-order valence-corrected chi connectivity index (χ3v) is 2.59. The van der Waals surface area contributed by atoms with Crippen LogP contribution in [0.1, 0.15) is 19.3 Å². The molecule has 52 valence electrons. The van der Waals surface area contributed by atoms with E-state index in [0.717, 1.165) is 18.9 Å². The molecule has 0 aromatic carbocycles. The van der Waals surface area contributed by atoms with Crippen LogP contribution in [0.15, 0.2) is 0 Å². The number of aliphatic hydroxyl groups excluding tert-OH is 1. The second kappa shape index (κ2) is 1.96. The molecule has 0 aromatic rings. The fourth-order valence-electron chi connectivity index (χ4n) is 1.97. The molecule has 0 aromatic heterocycles. The zero-order valence-corrected chi connectivity index (χ0v) is 5.51. The summed E-state index contributed by atoms with van der Waals surface area (Å²) in [6.45, 7) is 1.14. The van der Waals surface area contributed by atoms with E-state index in [1.54, 1.807) is 0 Å². The molecule has 0 unspecified atom stereocenters. The number of fused-ring (bicyclic) bond motifs is 3. The number of hydrogen-bond donors (Lipinski definition) is 2. The van der Waals surface area contributed by atoms with Crippen LogP contribution in [0.2, 0.25) is 0 Å². The molecule has 9 heavy (non-hydrogen) atoms. The number of aliphatic hydroxyl groups is 1. The average molecular weight is 127 g/mol. The van der Waals surface area contributed by atoms with Crippen LogP contribution in [-0.2, 0) is 0 Å². The van der Waals surface area contributed by atoms with Crippen LogP contribution in [0.25, 0.3) is 0 Å². The Hall–Kier alpha value is -0.0800. The summed E-state index contributed by atoms with van der Waals surface area (Å²) in [6, 6.07) is 0.426. The molecule has 3 fully saturated rings. The lowest BCUT2D eigenvalue weighted by atomic mass is 9.80. The molecule has 1 saturated carbocycles. The quantitative estimate of drug-likeness (QED) is 0.484. The monoisotopic (exact) mass is 127 g/mol. The summed E-state index contributed by atoms with van der Waals surface area (Å²) in [5, 5.41) is 12.7. The highest BCUT2D eigenvalue weighted by molar-refractivity contribution is 4.90. The normalized spacial score (nSPS) is 49.7. The number of rotatable bonds is 0. The van der Waals surface area contributed by atoms with Crippen molar-refractivity contribution < 1.29 is 5.11 Å². The summed E-state index contributed by atoms with van der Waals surface area (Å²) in [4.78, 5) is 0. The van der Waals surface area contributed by atoms with Crippen molar-refractivity contribution in [1.82, 2.24) is 5.32 Å². The molecule has 2 heterocycles. The van der Waals surface area contributed by atoms with Crippen LogP contribution < -0.4 is 5.32 Å². The Labute approximate surface area is 55.3 Å². The van der Waals surface area contributed by atoms with Gasteiger partial charge >= 0.3 is 0 Å². The third-order valence-electron chi connectivity index (χ3n) is 2.59. The van der Waals surface area contributed by atoms with Gasteiger partial charge in [0.25, 0.3) is 0 Å². The molecule has 0 radical (unpaired) electrons. The van der Waals surface area contributed by atoms with Gasteiger partial charge < -0.3 is 10.4 Å². The Balaban J connectivity index is 2.06. The van der Waals surface area contributed by atoms with E-state index < -0.39 is 0 Å². The lowest BCUT2D eigenvalue weighted by Crippen LogP contribution is -2.52. The molecule has 2 heteroatoms. The molecule has 0 spiro atoms. The first-order chi connectivity index (χ1) is 4.36. The van der Waals surface area contributed by atoms with E-state index in [9.17, 15) is 5.11 Å². The lowest BCUT2D eigenvalue weighted by Gasteiger charge is -2.40. The van der Waals surface area contributed by atoms with Gasteiger partial charge in [-0.25, -0.2) is 0 Å². The predicted molar refractivity (Wildman–Crippen MR) is 35.1 cm³/mol. The van der Waals surface area contributed by atoms with Crippen LogP contribution in [0.4, 0.5) is 0 Å². The van der Waals surface area contributed by atoms with Crippen molar-refractivity contribution in [2.45, 2.75) is 31.4 Å². The Morgan fingerprint density at radius 1 is 1.33 bits per heavy atom. The van der Waals surface area contributed by atoms with Gasteiger partial charge in [0.15, 0.2) is 0 Å². The minimum atomic E-state index is -0.0440. The van der Waals surface area contributed by atoms with Gasteiger partial charge in [0, 0.05) is 6.04 Å². The second-order valence-corrected chi connectivity index (χ2v) is 3.26. The van der Waals surface area contributed by atoms with Crippen LogP contribution in [-0.4, -0.2) is 23.8 Å². The molecule has 3 rings (SSSR count). The van der Waals surface area contributed by atoms with Crippen LogP contribution in [0.3, 0.4) is 0 Å². The SMILES string of the molecule is O[C@H]1C[C@H]2CC[C@@H]1NC2. The van der Waals surface area contributed by atoms with Crippen LogP contribution >= 0.6 is 0 Å². The lowest BCUT2D eigenvalue weighted by molar-refractivity contribution is 0.0316. The molecule has 2 N–H and O–H groups in total. The summed E-state index contributed by atoms with van der Waals surface area (Å²) in [6.07, 6.45) is 3.51. The standard InChI is InChI=1S/C7H13NO/c9-7-3-5-1-2-6(7)8-4-5/h5-9H,1-4H2/t5-,6+,7+/m1/s1. The first-order valence-corrected chi connectivity index (χ1v) is 3.78. The van der Waals surface area contributed by atoms with Gasteiger partial charge in [0.1, 0.15) is 0 Å². The number of piperidine rings is 2. The largest absolute Gasteiger partial charge is 0.391 e. The van der Waals surface area contributed by atoms with Crippen LogP contribution in [0, 0.1) is 5.92 Å². The molecule has 3 atom stereocenters. The zero-order chi connectivity index (χ0) is 6.27. The Morgan fingerprint density at radius 3 is 2.44 bits per heavy atom. The molecule has 0 amide bonds. The van der Waals surface area contributed by atoms with Crippen molar-refractivity contribution in [3.8, 4) is 0 Å². The van der Waals surface area contributed by atoms with E-state index in [1.165, 1.54) is 12.8 Å². The van der Waals surface area contributed by atoms with Gasteiger partial charge in [-0.1, -0.05) is 0 Å². The summed E-state index contributed by atoms with van der Waals surface area (Å²) in [7, 11) is 0. The minimum absolute atomic E-state index is 0.0440. The van der Waals surface area contributed by atoms with Gasteiger partial charge in [-0.15, -0.1) is 0 Å². The molecular formula is C7H13NO. The van der Waals surface area contributed by atoms with Crippen LogP contribution in [0.5, 0.6) is 0 Å². The number of hydrogen-bond acceptors (Lipinski definition) is 2. The highest BCUT2D eigenvalue weighted by atomic mass is 16.3. The van der Waals surface area contributed by atoms with Crippen molar-refractivity contribution in [1.29, 1.82) is 0 Å². The smallest absolute Gasteiger partial charge is 0.0696 e. The molecular weight excluding hydrogens is 114 g/mol. The Kier molecular flexibility index (Phi) is 1.24. The van der Waals surface area contributed by atoms with Gasteiger partial charge in [-0.05, 0) is 31.7 Å². The van der Waals surface area contributed by atoms with Gasteiger partial charge in [0.05, 0.1) is 6.10 Å². The van der Waals surface area contributed by atoms with E-state index in [-0.39, 0.29) is 6.10 Å². The van der Waals surface area contributed by atoms with Gasteiger partial charge in [-0.2, -0.15) is 0 Å². The van der Waals surface area contributed by atoms with E-state index in [4.69, 9.17) is 0 Å². The van der Waals surface area contributed by atoms with Gasteiger partial charge in [-0.3, -0.25) is 0 Å². The first-order valence-electron chi connectivity index (χ1n) is 3.78. The summed E-state index contributed by atoms with van der Waals surface area (Å²) in [5.41, 5.74) is 0. The Bertz CT molecular complexity index is 107. The summed E-state index contributed by atoms with van der Waals surface area (Å²) < 4.78 is 0.